The van der Waals surface area contributed by atoms with E-state index in [4.69, 9.17) is 0 Å². The van der Waals surface area contributed by atoms with Gasteiger partial charge in [-0.1, -0.05) is 54.1 Å². The molecule has 0 saturated carbocycles. The topological polar surface area (TPSA) is 3.24 Å². The molecule has 1 heterocycles. The van der Waals surface area contributed by atoms with Crippen molar-refractivity contribution in [1.82, 2.24) is 0 Å². The minimum absolute atomic E-state index is 0.474. The van der Waals surface area contributed by atoms with E-state index in [2.05, 4.69) is 84.2 Å². The molecule has 2 aliphatic carbocycles. The number of benzene rings is 1. The number of hydrogen-bond acceptors (Lipinski definition) is 1. The van der Waals surface area contributed by atoms with Crippen molar-refractivity contribution in [2.75, 3.05) is 4.90 Å². The number of anilines is 1. The summed E-state index contributed by atoms with van der Waals surface area (Å²) in [4.78, 5) is 2.40. The molecule has 2 atom stereocenters. The van der Waals surface area contributed by atoms with Gasteiger partial charge in [0.05, 0.1) is 6.04 Å². The molecule has 19 heavy (non-hydrogen) atoms. The molecule has 4 rings (SSSR count). The van der Waals surface area contributed by atoms with Crippen LogP contribution in [0.5, 0.6) is 0 Å². The van der Waals surface area contributed by atoms with Crippen molar-refractivity contribution in [3.05, 3.63) is 91.0 Å². The third kappa shape index (κ3) is 1.58. The van der Waals surface area contributed by atoms with Crippen molar-refractivity contribution < 1.29 is 0 Å². The lowest BCUT2D eigenvalue weighted by molar-refractivity contribution is 0.636. The molecule has 0 spiro atoms. The number of nitrogens with zero attached hydrogens (tertiary/aromatic N) is 1. The minimum Gasteiger partial charge on any atom is -0.386 e. The van der Waals surface area contributed by atoms with Crippen LogP contribution in [0.4, 0.5) is 5.69 Å². The highest BCUT2D eigenvalue weighted by molar-refractivity contribution is 5.66. The number of hydrogen-bond donors (Lipinski definition) is 0. The molecule has 0 aromatic heterocycles. The van der Waals surface area contributed by atoms with Gasteiger partial charge >= 0.3 is 0 Å². The molecule has 1 aromatic carbocycles. The first-order valence-electron chi connectivity index (χ1n) is 6.74. The summed E-state index contributed by atoms with van der Waals surface area (Å²) in [6, 6.07) is 12.0. The summed E-state index contributed by atoms with van der Waals surface area (Å²) in [6.45, 7) is 0. The second-order valence-corrected chi connectivity index (χ2v) is 5.06. The van der Waals surface area contributed by atoms with E-state index < -0.39 is 0 Å². The first-order valence-corrected chi connectivity index (χ1v) is 6.74. The summed E-state index contributed by atoms with van der Waals surface area (Å²) in [6.07, 6.45) is 17.7. The van der Waals surface area contributed by atoms with Gasteiger partial charge in [-0.15, -0.1) is 0 Å². The molecular weight excluding hydrogens is 230 g/mol. The van der Waals surface area contributed by atoms with Crippen LogP contribution in [0.15, 0.2) is 78.6 Å². The second-order valence-electron chi connectivity index (χ2n) is 5.06. The summed E-state index contributed by atoms with van der Waals surface area (Å²) in [5, 5.41) is 0. The van der Waals surface area contributed by atoms with Gasteiger partial charge in [0.25, 0.3) is 0 Å². The number of rotatable bonds is 1. The van der Waals surface area contributed by atoms with E-state index in [1.807, 2.05) is 0 Å². The summed E-state index contributed by atoms with van der Waals surface area (Å²) in [5.41, 5.74) is 2.63. The lowest BCUT2D eigenvalue weighted by Gasteiger charge is -2.32. The molecule has 1 radical (unpaired) electrons. The van der Waals surface area contributed by atoms with Gasteiger partial charge in [-0.2, -0.15) is 24.6 Å². The Kier molecular flexibility index (Phi) is 2.37. The van der Waals surface area contributed by atoms with Gasteiger partial charge in [0.1, 0.15) is 0 Å². The maximum Gasteiger partial charge on any atom is 0.0841 e. The first kappa shape index (κ1) is 10.7. The van der Waals surface area contributed by atoms with Crippen molar-refractivity contribution in [2.24, 2.45) is 11.8 Å². The summed E-state index contributed by atoms with van der Waals surface area (Å²) < 4.78 is 0. The van der Waals surface area contributed by atoms with Gasteiger partial charge < -0.3 is 4.90 Å². The highest BCUT2D eigenvalue weighted by Crippen LogP contribution is 2.49. The fourth-order valence-electron chi connectivity index (χ4n) is 3.17. The van der Waals surface area contributed by atoms with Crippen molar-refractivity contribution in [2.45, 2.75) is 0 Å². The van der Waals surface area contributed by atoms with E-state index in [1.165, 1.54) is 17.4 Å². The largest absolute Gasteiger partial charge is 0.386 e. The molecule has 0 N–H and O–H groups in total. The molecule has 0 bridgehead atoms. The van der Waals surface area contributed by atoms with Crippen molar-refractivity contribution in [3.63, 3.8) is 0 Å². The summed E-state index contributed by atoms with van der Waals surface area (Å²) in [7, 11) is 0. The Hall–Kier alpha value is -2.15. The van der Waals surface area contributed by atoms with Gasteiger partial charge in [-0.25, -0.2) is 0 Å². The second kappa shape index (κ2) is 4.20. The molecule has 1 aromatic rings. The molecule has 1 aliphatic heterocycles. The minimum atomic E-state index is 0.474. The van der Waals surface area contributed by atoms with Crippen molar-refractivity contribution >= 4 is 5.69 Å². The Bertz CT molecular complexity index is 591. The van der Waals surface area contributed by atoms with Gasteiger partial charge in [-0.3, -0.25) is 0 Å². The Morgan fingerprint density at radius 3 is 2.74 bits per heavy atom. The molecular formula is C18H15N-. The molecule has 1 saturated heterocycles. The molecule has 1 heteroatoms. The normalized spacial score (nSPS) is 27.8. The van der Waals surface area contributed by atoms with Gasteiger partial charge in [-0.05, 0) is 18.1 Å². The van der Waals surface area contributed by atoms with E-state index in [-0.39, 0.29) is 0 Å². The van der Waals surface area contributed by atoms with Crippen LogP contribution in [0.2, 0.25) is 0 Å². The fraction of sp³-hybridized carbons (Fsp3) is 0.111. The number of fused-ring (bicyclic) bond motifs is 3. The number of allylic oxidation sites excluding steroid dienone is 5. The predicted molar refractivity (Wildman–Crippen MR) is 78.9 cm³/mol. The highest BCUT2D eigenvalue weighted by Gasteiger charge is 2.38. The zero-order valence-electron chi connectivity index (χ0n) is 10.6. The SMILES string of the molecule is C1=C[C]2C(C=C1)C1C=C[CH-]C=C1N2c1ccccc1. The van der Waals surface area contributed by atoms with Crippen LogP contribution in [0.1, 0.15) is 0 Å². The fourth-order valence-corrected chi connectivity index (χ4v) is 3.17. The third-order valence-electron chi connectivity index (χ3n) is 3.99. The van der Waals surface area contributed by atoms with Crippen LogP contribution in [0, 0.1) is 24.3 Å². The quantitative estimate of drug-likeness (QED) is 0.674. The van der Waals surface area contributed by atoms with E-state index in [0.717, 1.165) is 0 Å². The van der Waals surface area contributed by atoms with E-state index in [1.54, 1.807) is 0 Å². The molecule has 1 nitrogen and oxygen atoms in total. The van der Waals surface area contributed by atoms with Gasteiger partial charge in [0, 0.05) is 5.69 Å². The smallest absolute Gasteiger partial charge is 0.0841 e. The standard InChI is InChI=1S/C18H15N/c1-2-8-14(9-3-1)19-17-12-6-4-10-15(17)16-11-5-7-13-18(16)19/h1-13,15-16H/q-1. The Labute approximate surface area is 114 Å². The maximum atomic E-state index is 2.40. The zero-order valence-corrected chi connectivity index (χ0v) is 10.6. The highest BCUT2D eigenvalue weighted by atomic mass is 15.2. The van der Waals surface area contributed by atoms with Crippen molar-refractivity contribution in [3.8, 4) is 0 Å². The molecule has 3 aliphatic rings. The lowest BCUT2D eigenvalue weighted by atomic mass is 9.84. The van der Waals surface area contributed by atoms with Crippen LogP contribution >= 0.6 is 0 Å². The average Bonchev–Trinajstić information content (AvgIpc) is 2.83. The average molecular weight is 245 g/mol. The lowest BCUT2D eigenvalue weighted by Crippen LogP contribution is -2.22. The van der Waals surface area contributed by atoms with E-state index in [9.17, 15) is 0 Å². The summed E-state index contributed by atoms with van der Waals surface area (Å²) in [5.74, 6) is 0.947. The van der Waals surface area contributed by atoms with Gasteiger partial charge in [0.15, 0.2) is 0 Å². The zero-order chi connectivity index (χ0) is 12.7. The van der Waals surface area contributed by atoms with E-state index in [0.29, 0.717) is 11.8 Å². The van der Waals surface area contributed by atoms with Crippen LogP contribution < -0.4 is 4.90 Å². The van der Waals surface area contributed by atoms with E-state index >= 15 is 0 Å². The van der Waals surface area contributed by atoms with Crippen LogP contribution in [-0.4, -0.2) is 0 Å². The number of para-hydroxylation sites is 1. The predicted octanol–water partition coefficient (Wildman–Crippen LogP) is 4.05. The molecule has 1 fully saturated rings. The Balaban J connectivity index is 1.83. The molecule has 0 amide bonds. The summed E-state index contributed by atoms with van der Waals surface area (Å²) >= 11 is 0. The van der Waals surface area contributed by atoms with Crippen molar-refractivity contribution in [1.29, 1.82) is 0 Å². The Morgan fingerprint density at radius 1 is 0.947 bits per heavy atom. The van der Waals surface area contributed by atoms with Crippen LogP contribution in [-0.2, 0) is 0 Å². The molecule has 93 valence electrons. The van der Waals surface area contributed by atoms with Gasteiger partial charge in [0.2, 0.25) is 0 Å². The van der Waals surface area contributed by atoms with Crippen LogP contribution in [0.3, 0.4) is 0 Å². The third-order valence-corrected chi connectivity index (χ3v) is 3.99. The Morgan fingerprint density at radius 2 is 1.84 bits per heavy atom. The maximum absolute atomic E-state index is 2.40. The molecule has 2 unspecified atom stereocenters. The monoisotopic (exact) mass is 245 g/mol. The van der Waals surface area contributed by atoms with Crippen LogP contribution in [0.25, 0.3) is 0 Å². The first-order chi connectivity index (χ1) is 9.45.